The molecule has 0 aliphatic heterocycles. The minimum Gasteiger partial charge on any atom is -0.271 e. The van der Waals surface area contributed by atoms with Gasteiger partial charge in [0, 0.05) is 4.90 Å². The molecule has 19 heavy (non-hydrogen) atoms. The predicted octanol–water partition coefficient (Wildman–Crippen LogP) is 3.58. The summed E-state index contributed by atoms with van der Waals surface area (Å²) in [5.41, 5.74) is 7.87. The van der Waals surface area contributed by atoms with Crippen LogP contribution < -0.4 is 11.3 Å². The minimum atomic E-state index is 0.0384. The van der Waals surface area contributed by atoms with Crippen LogP contribution in [0.2, 0.25) is 0 Å². The van der Waals surface area contributed by atoms with Gasteiger partial charge in [-0.2, -0.15) is 0 Å². The average Bonchev–Trinajstić information content (AvgIpc) is 2.42. The quantitative estimate of drug-likeness (QED) is 0.507. The van der Waals surface area contributed by atoms with E-state index in [4.69, 9.17) is 5.84 Å². The molecule has 0 aliphatic rings. The van der Waals surface area contributed by atoms with Crippen molar-refractivity contribution in [3.8, 4) is 0 Å². The Kier molecular flexibility index (Phi) is 4.64. The van der Waals surface area contributed by atoms with Crippen LogP contribution in [-0.4, -0.2) is 6.26 Å². The summed E-state index contributed by atoms with van der Waals surface area (Å²) in [6.45, 7) is 4.23. The highest BCUT2D eigenvalue weighted by Crippen LogP contribution is 2.26. The summed E-state index contributed by atoms with van der Waals surface area (Å²) in [7, 11) is 0. The van der Waals surface area contributed by atoms with Gasteiger partial charge in [0.25, 0.3) is 0 Å². The van der Waals surface area contributed by atoms with Crippen LogP contribution in [0.15, 0.2) is 47.4 Å². The molecule has 3 heteroatoms. The van der Waals surface area contributed by atoms with Crippen LogP contribution in [0.25, 0.3) is 0 Å². The van der Waals surface area contributed by atoms with Gasteiger partial charge in [0.05, 0.1) is 6.04 Å². The van der Waals surface area contributed by atoms with E-state index in [0.717, 1.165) is 0 Å². The summed E-state index contributed by atoms with van der Waals surface area (Å²) in [5.74, 6) is 5.76. The van der Waals surface area contributed by atoms with Gasteiger partial charge in [0.15, 0.2) is 0 Å². The van der Waals surface area contributed by atoms with Gasteiger partial charge >= 0.3 is 0 Å². The van der Waals surface area contributed by atoms with Crippen LogP contribution in [0.4, 0.5) is 0 Å². The first-order chi connectivity index (χ1) is 9.15. The first-order valence-electron chi connectivity index (χ1n) is 6.33. The van der Waals surface area contributed by atoms with Crippen molar-refractivity contribution < 1.29 is 0 Å². The molecule has 0 fully saturated rings. The van der Waals surface area contributed by atoms with E-state index < -0.39 is 0 Å². The molecule has 0 radical (unpaired) electrons. The molecule has 1 unspecified atom stereocenters. The van der Waals surface area contributed by atoms with Crippen molar-refractivity contribution >= 4 is 11.8 Å². The molecule has 3 N–H and O–H groups in total. The van der Waals surface area contributed by atoms with Crippen molar-refractivity contribution in [2.75, 3.05) is 6.26 Å². The van der Waals surface area contributed by atoms with Crippen molar-refractivity contribution in [1.29, 1.82) is 0 Å². The molecule has 0 amide bonds. The first-order valence-corrected chi connectivity index (χ1v) is 7.55. The second-order valence-corrected chi connectivity index (χ2v) is 5.61. The molecule has 100 valence electrons. The molecule has 0 bridgehead atoms. The van der Waals surface area contributed by atoms with Gasteiger partial charge in [-0.15, -0.1) is 11.8 Å². The smallest absolute Gasteiger partial charge is 0.0712 e. The summed E-state index contributed by atoms with van der Waals surface area (Å²) in [4.78, 5) is 1.26. The van der Waals surface area contributed by atoms with Gasteiger partial charge < -0.3 is 0 Å². The fourth-order valence-electron chi connectivity index (χ4n) is 2.31. The van der Waals surface area contributed by atoms with E-state index in [1.807, 2.05) is 0 Å². The maximum atomic E-state index is 5.76. The number of benzene rings is 2. The number of rotatable bonds is 4. The summed E-state index contributed by atoms with van der Waals surface area (Å²) in [5, 5.41) is 0. The molecule has 2 aromatic carbocycles. The summed E-state index contributed by atoms with van der Waals surface area (Å²) < 4.78 is 0. The standard InChI is InChI=1S/C16H20N2S/c1-11-4-9-15(12(2)10-11)16(18-17)13-5-7-14(19-3)8-6-13/h4-10,16,18H,17H2,1-3H3. The van der Waals surface area contributed by atoms with Crippen LogP contribution >= 0.6 is 11.8 Å². The largest absolute Gasteiger partial charge is 0.271 e. The Morgan fingerprint density at radius 1 is 1.05 bits per heavy atom. The number of nitrogens with two attached hydrogens (primary N) is 1. The topological polar surface area (TPSA) is 38.0 Å². The summed E-state index contributed by atoms with van der Waals surface area (Å²) >= 11 is 1.75. The number of hydrogen-bond donors (Lipinski definition) is 2. The summed E-state index contributed by atoms with van der Waals surface area (Å²) in [6, 6.07) is 15.0. The number of hydrazine groups is 1. The Labute approximate surface area is 119 Å². The van der Waals surface area contributed by atoms with Crippen molar-refractivity contribution in [2.24, 2.45) is 5.84 Å². The van der Waals surface area contributed by atoms with Crippen molar-refractivity contribution in [3.63, 3.8) is 0 Å². The molecule has 0 saturated carbocycles. The van der Waals surface area contributed by atoms with Crippen LogP contribution in [0.1, 0.15) is 28.3 Å². The molecule has 0 aromatic heterocycles. The van der Waals surface area contributed by atoms with Crippen molar-refractivity contribution in [2.45, 2.75) is 24.8 Å². The maximum absolute atomic E-state index is 5.76. The third-order valence-electron chi connectivity index (χ3n) is 3.35. The SMILES string of the molecule is CSc1ccc(C(NN)c2ccc(C)cc2C)cc1. The molecular weight excluding hydrogens is 252 g/mol. The Morgan fingerprint density at radius 3 is 2.26 bits per heavy atom. The van der Waals surface area contributed by atoms with E-state index in [1.54, 1.807) is 11.8 Å². The third kappa shape index (κ3) is 3.18. The van der Waals surface area contributed by atoms with Gasteiger partial charge in [-0.3, -0.25) is 5.84 Å². The molecule has 0 spiro atoms. The van der Waals surface area contributed by atoms with Gasteiger partial charge in [-0.1, -0.05) is 35.9 Å². The lowest BCUT2D eigenvalue weighted by Gasteiger charge is -2.19. The Bertz CT molecular complexity index is 549. The lowest BCUT2D eigenvalue weighted by Crippen LogP contribution is -2.29. The van der Waals surface area contributed by atoms with Crippen LogP contribution in [0.3, 0.4) is 0 Å². The molecule has 2 nitrogen and oxygen atoms in total. The molecule has 2 rings (SSSR count). The number of aryl methyl sites for hydroxylation is 2. The van der Waals surface area contributed by atoms with E-state index in [-0.39, 0.29) is 6.04 Å². The predicted molar refractivity (Wildman–Crippen MR) is 83.3 cm³/mol. The number of hydrogen-bond acceptors (Lipinski definition) is 3. The van der Waals surface area contributed by atoms with Crippen molar-refractivity contribution in [3.05, 3.63) is 64.7 Å². The van der Waals surface area contributed by atoms with Gasteiger partial charge in [0.2, 0.25) is 0 Å². The van der Waals surface area contributed by atoms with Crippen LogP contribution in [0, 0.1) is 13.8 Å². The number of thioether (sulfide) groups is 1. The lowest BCUT2D eigenvalue weighted by atomic mass is 9.94. The Morgan fingerprint density at radius 2 is 1.74 bits per heavy atom. The van der Waals surface area contributed by atoms with E-state index in [1.165, 1.54) is 27.1 Å². The Balaban J connectivity index is 2.37. The molecule has 2 aromatic rings. The van der Waals surface area contributed by atoms with E-state index in [0.29, 0.717) is 0 Å². The Hall–Kier alpha value is -1.29. The lowest BCUT2D eigenvalue weighted by molar-refractivity contribution is 0.633. The summed E-state index contributed by atoms with van der Waals surface area (Å²) in [6.07, 6.45) is 2.08. The van der Waals surface area contributed by atoms with Crippen molar-refractivity contribution in [1.82, 2.24) is 5.43 Å². The monoisotopic (exact) mass is 272 g/mol. The van der Waals surface area contributed by atoms with E-state index in [2.05, 4.69) is 68.0 Å². The number of nitrogens with one attached hydrogen (secondary N) is 1. The normalized spacial score (nSPS) is 12.4. The first kappa shape index (κ1) is 14.1. The molecule has 0 heterocycles. The molecule has 0 aliphatic carbocycles. The fraction of sp³-hybridized carbons (Fsp3) is 0.250. The van der Waals surface area contributed by atoms with Crippen LogP contribution in [0.5, 0.6) is 0 Å². The highest BCUT2D eigenvalue weighted by molar-refractivity contribution is 7.98. The maximum Gasteiger partial charge on any atom is 0.0712 e. The molecule has 1 atom stereocenters. The zero-order chi connectivity index (χ0) is 13.8. The zero-order valence-corrected chi connectivity index (χ0v) is 12.4. The van der Waals surface area contributed by atoms with E-state index in [9.17, 15) is 0 Å². The minimum absolute atomic E-state index is 0.0384. The second kappa shape index (κ2) is 6.24. The van der Waals surface area contributed by atoms with Gasteiger partial charge in [-0.25, -0.2) is 5.43 Å². The highest BCUT2D eigenvalue weighted by Gasteiger charge is 2.14. The van der Waals surface area contributed by atoms with Gasteiger partial charge in [-0.05, 0) is 48.9 Å². The third-order valence-corrected chi connectivity index (χ3v) is 4.10. The van der Waals surface area contributed by atoms with Gasteiger partial charge in [0.1, 0.15) is 0 Å². The van der Waals surface area contributed by atoms with E-state index >= 15 is 0 Å². The second-order valence-electron chi connectivity index (χ2n) is 4.73. The molecule has 0 saturated heterocycles. The highest BCUT2D eigenvalue weighted by atomic mass is 32.2. The van der Waals surface area contributed by atoms with Crippen LogP contribution in [-0.2, 0) is 0 Å². The zero-order valence-electron chi connectivity index (χ0n) is 11.6. The fourth-order valence-corrected chi connectivity index (χ4v) is 2.72. The average molecular weight is 272 g/mol. The molecular formula is C16H20N2S.